The fourth-order valence-electron chi connectivity index (χ4n) is 1.30. The molecule has 0 aliphatic rings. The third-order valence-electron chi connectivity index (χ3n) is 2.10. The van der Waals surface area contributed by atoms with Gasteiger partial charge in [0, 0.05) is 17.6 Å². The molecule has 3 nitrogen and oxygen atoms in total. The second-order valence-corrected chi connectivity index (χ2v) is 3.64. The SMILES string of the molecule is CC(=O)[O-].CCCCc1ccc[n+](CC)c1. The van der Waals surface area contributed by atoms with Gasteiger partial charge in [0.15, 0.2) is 12.4 Å². The third-order valence-corrected chi connectivity index (χ3v) is 2.10. The average molecular weight is 223 g/mol. The maximum Gasteiger partial charge on any atom is 0.171 e. The highest BCUT2D eigenvalue weighted by Gasteiger charge is 1.98. The fourth-order valence-corrected chi connectivity index (χ4v) is 1.30. The van der Waals surface area contributed by atoms with Gasteiger partial charge in [-0.25, -0.2) is 4.57 Å². The summed E-state index contributed by atoms with van der Waals surface area (Å²) in [6.45, 7) is 6.44. The van der Waals surface area contributed by atoms with Gasteiger partial charge >= 0.3 is 0 Å². The molecule has 3 heteroatoms. The van der Waals surface area contributed by atoms with Crippen LogP contribution in [0.3, 0.4) is 0 Å². The van der Waals surface area contributed by atoms with E-state index < -0.39 is 5.97 Å². The first-order valence-electron chi connectivity index (χ1n) is 5.75. The Labute approximate surface area is 97.7 Å². The number of aliphatic carboxylic acids is 1. The largest absolute Gasteiger partial charge is 0.550 e. The van der Waals surface area contributed by atoms with Crippen LogP contribution in [-0.4, -0.2) is 5.97 Å². The van der Waals surface area contributed by atoms with E-state index in [1.807, 2.05) is 0 Å². The average Bonchev–Trinajstić information content (AvgIpc) is 2.26. The molecule has 16 heavy (non-hydrogen) atoms. The zero-order chi connectivity index (χ0) is 12.4. The standard InChI is InChI=1S/C11H18N.C2H4O2/c1-3-5-7-11-8-6-9-12(4-2)10-11;1-2(3)4/h6,8-10H,3-5,7H2,1-2H3;1H3,(H,3,4)/q+1;/p-1. The Balaban J connectivity index is 0.000000487. The van der Waals surface area contributed by atoms with Crippen molar-refractivity contribution in [1.29, 1.82) is 0 Å². The van der Waals surface area contributed by atoms with Crippen molar-refractivity contribution in [2.45, 2.75) is 46.6 Å². The fraction of sp³-hybridized carbons (Fsp3) is 0.538. The molecule has 0 aromatic carbocycles. The van der Waals surface area contributed by atoms with E-state index in [1.165, 1.54) is 24.8 Å². The van der Waals surface area contributed by atoms with E-state index in [1.54, 1.807) is 0 Å². The van der Waals surface area contributed by atoms with Gasteiger partial charge in [-0.05, 0) is 32.8 Å². The van der Waals surface area contributed by atoms with Crippen LogP contribution in [0.2, 0.25) is 0 Å². The van der Waals surface area contributed by atoms with Crippen molar-refractivity contribution in [3.05, 3.63) is 30.1 Å². The molecule has 0 saturated heterocycles. The number of pyridine rings is 1. The minimum absolute atomic E-state index is 0.972. The number of carbonyl (C=O) groups excluding carboxylic acids is 1. The molecule has 0 aliphatic heterocycles. The van der Waals surface area contributed by atoms with Crippen LogP contribution in [0.5, 0.6) is 0 Å². The maximum atomic E-state index is 8.89. The molecule has 1 aromatic rings. The van der Waals surface area contributed by atoms with E-state index in [4.69, 9.17) is 9.90 Å². The van der Waals surface area contributed by atoms with E-state index in [2.05, 4.69) is 42.9 Å². The number of nitrogens with zero attached hydrogens (tertiary/aromatic N) is 1. The van der Waals surface area contributed by atoms with E-state index in [0.29, 0.717) is 0 Å². The number of aromatic nitrogens is 1. The molecule has 0 aliphatic carbocycles. The topological polar surface area (TPSA) is 44.0 Å². The van der Waals surface area contributed by atoms with Crippen LogP contribution in [0.1, 0.15) is 39.2 Å². The minimum atomic E-state index is -1.08. The highest BCUT2D eigenvalue weighted by atomic mass is 16.4. The van der Waals surface area contributed by atoms with Crippen molar-refractivity contribution in [3.63, 3.8) is 0 Å². The maximum absolute atomic E-state index is 8.89. The normalized spacial score (nSPS) is 9.19. The van der Waals surface area contributed by atoms with E-state index in [-0.39, 0.29) is 0 Å². The molecule has 0 unspecified atom stereocenters. The molecule has 1 rings (SSSR count). The van der Waals surface area contributed by atoms with Gasteiger partial charge in [-0.15, -0.1) is 0 Å². The summed E-state index contributed by atoms with van der Waals surface area (Å²) >= 11 is 0. The molecule has 1 aromatic heterocycles. The molecule has 0 fully saturated rings. The Morgan fingerprint density at radius 3 is 2.56 bits per heavy atom. The Hall–Kier alpha value is -1.38. The Morgan fingerprint density at radius 2 is 2.06 bits per heavy atom. The Kier molecular flexibility index (Phi) is 8.12. The molecule has 0 saturated carbocycles. The zero-order valence-electron chi connectivity index (χ0n) is 10.4. The number of aryl methyl sites for hydroxylation is 2. The second kappa shape index (κ2) is 8.89. The number of hydrogen-bond donors (Lipinski definition) is 0. The smallest absolute Gasteiger partial charge is 0.171 e. The van der Waals surface area contributed by atoms with Gasteiger partial charge in [0.25, 0.3) is 0 Å². The van der Waals surface area contributed by atoms with E-state index in [9.17, 15) is 0 Å². The summed E-state index contributed by atoms with van der Waals surface area (Å²) in [5.74, 6) is -1.08. The van der Waals surface area contributed by atoms with Crippen LogP contribution in [0.25, 0.3) is 0 Å². The number of unbranched alkanes of at least 4 members (excludes halogenated alkanes) is 1. The highest BCUT2D eigenvalue weighted by Crippen LogP contribution is 2.01. The first kappa shape index (κ1) is 14.6. The lowest BCUT2D eigenvalue weighted by Crippen LogP contribution is -2.31. The third kappa shape index (κ3) is 7.97. The van der Waals surface area contributed by atoms with Crippen LogP contribution in [-0.2, 0) is 17.8 Å². The summed E-state index contributed by atoms with van der Waals surface area (Å²) < 4.78 is 2.23. The lowest BCUT2D eigenvalue weighted by Gasteiger charge is -1.97. The summed E-state index contributed by atoms with van der Waals surface area (Å²) in [7, 11) is 0. The number of carbonyl (C=O) groups is 1. The summed E-state index contributed by atoms with van der Waals surface area (Å²) in [4.78, 5) is 8.89. The molecule has 0 atom stereocenters. The van der Waals surface area contributed by atoms with Gasteiger partial charge in [0.05, 0.1) is 0 Å². The van der Waals surface area contributed by atoms with Crippen LogP contribution in [0, 0.1) is 0 Å². The second-order valence-electron chi connectivity index (χ2n) is 3.64. The Bertz CT molecular complexity index is 307. The van der Waals surface area contributed by atoms with Gasteiger partial charge < -0.3 is 9.90 Å². The molecule has 1 heterocycles. The van der Waals surface area contributed by atoms with Crippen LogP contribution in [0.15, 0.2) is 24.5 Å². The van der Waals surface area contributed by atoms with Gasteiger partial charge in [-0.3, -0.25) is 0 Å². The van der Waals surface area contributed by atoms with Gasteiger partial charge in [-0.2, -0.15) is 0 Å². The quantitative estimate of drug-likeness (QED) is 0.717. The van der Waals surface area contributed by atoms with Gasteiger partial charge in [0.1, 0.15) is 6.54 Å². The number of carboxylic acids is 1. The highest BCUT2D eigenvalue weighted by molar-refractivity contribution is 5.60. The van der Waals surface area contributed by atoms with Crippen LogP contribution < -0.4 is 9.67 Å². The molecular weight excluding hydrogens is 202 g/mol. The number of rotatable bonds is 4. The van der Waals surface area contributed by atoms with Crippen molar-refractivity contribution >= 4 is 5.97 Å². The van der Waals surface area contributed by atoms with E-state index >= 15 is 0 Å². The summed E-state index contributed by atoms with van der Waals surface area (Å²) in [5.41, 5.74) is 1.46. The zero-order valence-corrected chi connectivity index (χ0v) is 10.4. The van der Waals surface area contributed by atoms with Crippen LogP contribution >= 0.6 is 0 Å². The molecule has 0 N–H and O–H groups in total. The van der Waals surface area contributed by atoms with Crippen molar-refractivity contribution in [2.24, 2.45) is 0 Å². The molecule has 0 spiro atoms. The first-order valence-corrected chi connectivity index (χ1v) is 5.75. The molecule has 90 valence electrons. The number of carboxylic acid groups (broad SMARTS) is 1. The molecular formula is C13H21NO2. The summed E-state index contributed by atoms with van der Waals surface area (Å²) in [6.07, 6.45) is 8.16. The van der Waals surface area contributed by atoms with Crippen molar-refractivity contribution in [3.8, 4) is 0 Å². The first-order chi connectivity index (χ1) is 7.60. The number of hydrogen-bond acceptors (Lipinski definition) is 2. The van der Waals surface area contributed by atoms with Crippen molar-refractivity contribution < 1.29 is 14.5 Å². The predicted octanol–water partition coefficient (Wildman–Crippen LogP) is 1.09. The Morgan fingerprint density at radius 1 is 1.44 bits per heavy atom. The lowest BCUT2D eigenvalue weighted by molar-refractivity contribution is -0.694. The minimum Gasteiger partial charge on any atom is -0.550 e. The van der Waals surface area contributed by atoms with E-state index in [0.717, 1.165) is 13.5 Å². The van der Waals surface area contributed by atoms with Gasteiger partial charge in [-0.1, -0.05) is 13.3 Å². The monoisotopic (exact) mass is 223 g/mol. The molecule has 0 radical (unpaired) electrons. The molecule has 0 amide bonds. The van der Waals surface area contributed by atoms with Crippen LogP contribution in [0.4, 0.5) is 0 Å². The van der Waals surface area contributed by atoms with Gasteiger partial charge in [0.2, 0.25) is 0 Å². The summed E-state index contributed by atoms with van der Waals surface area (Å²) in [6, 6.07) is 4.34. The lowest BCUT2D eigenvalue weighted by atomic mass is 10.1. The molecule has 0 bridgehead atoms. The van der Waals surface area contributed by atoms with Crippen molar-refractivity contribution in [1.82, 2.24) is 0 Å². The summed E-state index contributed by atoms with van der Waals surface area (Å²) in [5, 5.41) is 8.89. The van der Waals surface area contributed by atoms with Crippen molar-refractivity contribution in [2.75, 3.05) is 0 Å². The predicted molar refractivity (Wildman–Crippen MR) is 61.6 cm³/mol.